The highest BCUT2D eigenvalue weighted by molar-refractivity contribution is 7.98. The molecule has 7 heteroatoms. The van der Waals surface area contributed by atoms with E-state index in [9.17, 15) is 14.9 Å². The molecule has 0 spiro atoms. The first-order valence-electron chi connectivity index (χ1n) is 6.11. The Morgan fingerprint density at radius 3 is 2.67 bits per heavy atom. The summed E-state index contributed by atoms with van der Waals surface area (Å²) in [5, 5.41) is 13.7. The Morgan fingerprint density at radius 1 is 1.33 bits per heavy atom. The number of nitrogens with zero attached hydrogens (tertiary/aromatic N) is 2. The molecule has 0 fully saturated rings. The van der Waals surface area contributed by atoms with Crippen molar-refractivity contribution in [2.75, 3.05) is 6.26 Å². The normalized spacial score (nSPS) is 10.1. The molecule has 2 aromatic rings. The third-order valence-electron chi connectivity index (χ3n) is 2.85. The van der Waals surface area contributed by atoms with Gasteiger partial charge in [-0.15, -0.1) is 11.8 Å². The van der Waals surface area contributed by atoms with Gasteiger partial charge in [0.1, 0.15) is 5.56 Å². The van der Waals surface area contributed by atoms with Crippen LogP contribution < -0.4 is 5.32 Å². The molecule has 0 atom stereocenters. The molecule has 108 valence electrons. The molecule has 0 unspecified atom stereocenters. The van der Waals surface area contributed by atoms with Gasteiger partial charge in [0.25, 0.3) is 11.6 Å². The summed E-state index contributed by atoms with van der Waals surface area (Å²) in [6.07, 6.45) is 5.09. The van der Waals surface area contributed by atoms with E-state index in [-0.39, 0.29) is 11.3 Å². The number of carbonyl (C=O) groups excluding carboxylic acids is 1. The molecule has 2 rings (SSSR count). The first-order chi connectivity index (χ1) is 10.1. The lowest BCUT2D eigenvalue weighted by atomic mass is 10.1. The first-order valence-corrected chi connectivity index (χ1v) is 7.34. The van der Waals surface area contributed by atoms with Crippen molar-refractivity contribution in [1.82, 2.24) is 10.3 Å². The molecule has 1 amide bonds. The van der Waals surface area contributed by atoms with Gasteiger partial charge >= 0.3 is 0 Å². The first kappa shape index (κ1) is 15.0. The summed E-state index contributed by atoms with van der Waals surface area (Å²) in [5.74, 6) is -0.464. The van der Waals surface area contributed by atoms with E-state index in [0.29, 0.717) is 6.54 Å². The fourth-order valence-corrected chi connectivity index (χ4v) is 2.20. The maximum absolute atomic E-state index is 12.2. The molecule has 0 saturated carbocycles. The standard InChI is InChI=1S/C14H13N3O3S/c1-21-11-2-3-13(17(19)20)12(8-11)14(18)16-9-10-4-6-15-7-5-10/h2-8H,9H2,1H3,(H,16,18). The number of carbonyl (C=O) groups is 1. The molecule has 6 nitrogen and oxygen atoms in total. The molecule has 21 heavy (non-hydrogen) atoms. The number of hydrogen-bond donors (Lipinski definition) is 1. The number of nitro benzene ring substituents is 1. The number of aromatic nitrogens is 1. The van der Waals surface area contributed by atoms with Gasteiger partial charge in [-0.1, -0.05) is 0 Å². The minimum atomic E-state index is -0.550. The van der Waals surface area contributed by atoms with Gasteiger partial charge in [-0.25, -0.2) is 0 Å². The van der Waals surface area contributed by atoms with Crippen LogP contribution in [-0.2, 0) is 6.54 Å². The Bertz CT molecular complexity index is 662. The highest BCUT2D eigenvalue weighted by Gasteiger charge is 2.20. The van der Waals surface area contributed by atoms with Crippen molar-refractivity contribution >= 4 is 23.4 Å². The summed E-state index contributed by atoms with van der Waals surface area (Å²) in [5.41, 5.74) is 0.753. The van der Waals surface area contributed by atoms with Crippen LogP contribution in [0.25, 0.3) is 0 Å². The van der Waals surface area contributed by atoms with Crippen molar-refractivity contribution in [2.24, 2.45) is 0 Å². The van der Waals surface area contributed by atoms with E-state index >= 15 is 0 Å². The van der Waals surface area contributed by atoms with Crippen LogP contribution >= 0.6 is 11.8 Å². The van der Waals surface area contributed by atoms with Crippen molar-refractivity contribution in [3.05, 3.63) is 64.0 Å². The van der Waals surface area contributed by atoms with E-state index in [1.807, 2.05) is 6.26 Å². The lowest BCUT2D eigenvalue weighted by molar-refractivity contribution is -0.385. The number of hydrogen-bond acceptors (Lipinski definition) is 5. The van der Waals surface area contributed by atoms with Crippen molar-refractivity contribution in [1.29, 1.82) is 0 Å². The van der Waals surface area contributed by atoms with Gasteiger partial charge in [-0.3, -0.25) is 19.9 Å². The third kappa shape index (κ3) is 3.79. The van der Waals surface area contributed by atoms with E-state index < -0.39 is 10.8 Å². The zero-order chi connectivity index (χ0) is 15.2. The number of rotatable bonds is 5. The van der Waals surface area contributed by atoms with Gasteiger partial charge in [0, 0.05) is 29.9 Å². The molecular formula is C14H13N3O3S. The maximum Gasteiger partial charge on any atom is 0.282 e. The van der Waals surface area contributed by atoms with Crippen LogP contribution in [0, 0.1) is 10.1 Å². The maximum atomic E-state index is 12.2. The Hall–Kier alpha value is -2.41. The second-order valence-corrected chi connectivity index (χ2v) is 5.06. The smallest absolute Gasteiger partial charge is 0.282 e. The Kier molecular flexibility index (Phi) is 4.89. The minimum Gasteiger partial charge on any atom is -0.348 e. The predicted octanol–water partition coefficient (Wildman–Crippen LogP) is 2.64. The SMILES string of the molecule is CSc1ccc([N+](=O)[O-])c(C(=O)NCc2ccncc2)c1. The number of pyridine rings is 1. The van der Waals surface area contributed by atoms with Crippen LogP contribution in [0.5, 0.6) is 0 Å². The van der Waals surface area contributed by atoms with Crippen LogP contribution in [0.4, 0.5) is 5.69 Å². The van der Waals surface area contributed by atoms with Crippen molar-refractivity contribution in [2.45, 2.75) is 11.4 Å². The van der Waals surface area contributed by atoms with Gasteiger partial charge in [-0.2, -0.15) is 0 Å². The molecule has 0 aliphatic heterocycles. The monoisotopic (exact) mass is 303 g/mol. The largest absolute Gasteiger partial charge is 0.348 e. The number of benzene rings is 1. The summed E-state index contributed by atoms with van der Waals surface area (Å²) in [6, 6.07) is 8.06. The Labute approximate surface area is 125 Å². The lowest BCUT2D eigenvalue weighted by Gasteiger charge is -2.07. The van der Waals surface area contributed by atoms with Crippen LogP contribution in [0.2, 0.25) is 0 Å². The molecule has 0 saturated heterocycles. The summed E-state index contributed by atoms with van der Waals surface area (Å²) in [6.45, 7) is 0.294. The summed E-state index contributed by atoms with van der Waals surface area (Å²) >= 11 is 1.42. The number of nitrogens with one attached hydrogen (secondary N) is 1. The predicted molar refractivity (Wildman–Crippen MR) is 80.3 cm³/mol. The van der Waals surface area contributed by atoms with E-state index in [1.54, 1.807) is 30.6 Å². The molecule has 0 bridgehead atoms. The molecule has 1 N–H and O–H groups in total. The second kappa shape index (κ2) is 6.85. The molecule has 1 aromatic carbocycles. The summed E-state index contributed by atoms with van der Waals surface area (Å²) in [4.78, 5) is 27.3. The fraction of sp³-hybridized carbons (Fsp3) is 0.143. The molecular weight excluding hydrogens is 290 g/mol. The summed E-state index contributed by atoms with van der Waals surface area (Å²) in [7, 11) is 0. The van der Waals surface area contributed by atoms with Crippen molar-refractivity contribution in [3.63, 3.8) is 0 Å². The molecule has 0 aliphatic rings. The molecule has 0 aliphatic carbocycles. The zero-order valence-corrected chi connectivity index (χ0v) is 12.1. The average Bonchev–Trinajstić information content (AvgIpc) is 2.52. The summed E-state index contributed by atoms with van der Waals surface area (Å²) < 4.78 is 0. The second-order valence-electron chi connectivity index (χ2n) is 4.18. The quantitative estimate of drug-likeness (QED) is 0.521. The molecule has 1 heterocycles. The highest BCUT2D eigenvalue weighted by atomic mass is 32.2. The number of amides is 1. The van der Waals surface area contributed by atoms with E-state index in [0.717, 1.165) is 10.5 Å². The van der Waals surface area contributed by atoms with Gasteiger partial charge < -0.3 is 5.32 Å². The number of nitro groups is 1. The van der Waals surface area contributed by atoms with Crippen molar-refractivity contribution in [3.8, 4) is 0 Å². The highest BCUT2D eigenvalue weighted by Crippen LogP contribution is 2.24. The van der Waals surface area contributed by atoms with Gasteiger partial charge in [0.05, 0.1) is 4.92 Å². The average molecular weight is 303 g/mol. The zero-order valence-electron chi connectivity index (χ0n) is 11.3. The van der Waals surface area contributed by atoms with Crippen LogP contribution in [0.1, 0.15) is 15.9 Å². The van der Waals surface area contributed by atoms with Gasteiger partial charge in [0.15, 0.2) is 0 Å². The third-order valence-corrected chi connectivity index (χ3v) is 3.57. The Morgan fingerprint density at radius 2 is 2.05 bits per heavy atom. The van der Waals surface area contributed by atoms with E-state index in [1.165, 1.54) is 23.9 Å². The van der Waals surface area contributed by atoms with E-state index in [2.05, 4.69) is 10.3 Å². The van der Waals surface area contributed by atoms with Crippen LogP contribution in [0.15, 0.2) is 47.6 Å². The van der Waals surface area contributed by atoms with E-state index in [4.69, 9.17) is 0 Å². The van der Waals surface area contributed by atoms with Crippen molar-refractivity contribution < 1.29 is 9.72 Å². The van der Waals surface area contributed by atoms with Crippen LogP contribution in [0.3, 0.4) is 0 Å². The fourth-order valence-electron chi connectivity index (χ4n) is 1.76. The minimum absolute atomic E-state index is 0.0703. The number of thioether (sulfide) groups is 1. The topological polar surface area (TPSA) is 85.1 Å². The Balaban J connectivity index is 2.19. The van der Waals surface area contributed by atoms with Gasteiger partial charge in [0.2, 0.25) is 0 Å². The molecule has 1 aromatic heterocycles. The lowest BCUT2D eigenvalue weighted by Crippen LogP contribution is -2.23. The molecule has 0 radical (unpaired) electrons. The van der Waals surface area contributed by atoms with Gasteiger partial charge in [-0.05, 0) is 36.1 Å². The van der Waals surface area contributed by atoms with Crippen LogP contribution in [-0.4, -0.2) is 22.1 Å².